The molecule has 12 heteroatoms. The van der Waals surface area contributed by atoms with Crippen LogP contribution in [-0.2, 0) is 29.0 Å². The Hall–Kier alpha value is -2.24. The zero-order chi connectivity index (χ0) is 24.7. The van der Waals surface area contributed by atoms with Gasteiger partial charge < -0.3 is 5.32 Å². The van der Waals surface area contributed by atoms with Crippen LogP contribution in [0, 0.1) is 5.92 Å². The maximum Gasteiger partial charge on any atom is 0.417 e. The molecule has 0 radical (unpaired) electrons. The first-order valence-electron chi connectivity index (χ1n) is 10.4. The van der Waals surface area contributed by atoms with Crippen molar-refractivity contribution in [1.29, 1.82) is 0 Å². The Bertz CT molecular complexity index is 1260. The number of hydrogen-bond acceptors (Lipinski definition) is 6. The Morgan fingerprint density at radius 1 is 1.24 bits per heavy atom. The molecule has 6 nitrogen and oxygen atoms in total. The number of alkyl halides is 3. The van der Waals surface area contributed by atoms with Gasteiger partial charge in [0.2, 0.25) is 0 Å². The Kier molecular flexibility index (Phi) is 6.90. The summed E-state index contributed by atoms with van der Waals surface area (Å²) < 4.78 is 66.7. The van der Waals surface area contributed by atoms with E-state index in [1.807, 2.05) is 0 Å². The number of nitrogens with one attached hydrogen (secondary N) is 2. The molecule has 2 N–H and O–H groups in total. The lowest BCUT2D eigenvalue weighted by Crippen LogP contribution is -2.22. The minimum absolute atomic E-state index is 0.112. The van der Waals surface area contributed by atoms with E-state index in [0.717, 1.165) is 41.3 Å². The summed E-state index contributed by atoms with van der Waals surface area (Å²) in [5.41, 5.74) is 0.853. The molecule has 1 fully saturated rings. The molecule has 0 aliphatic heterocycles. The number of halogens is 4. The van der Waals surface area contributed by atoms with Gasteiger partial charge in [0.15, 0.2) is 0 Å². The molecule has 1 aromatic carbocycles. The van der Waals surface area contributed by atoms with Crippen LogP contribution in [0.3, 0.4) is 0 Å². The summed E-state index contributed by atoms with van der Waals surface area (Å²) in [4.78, 5) is 8.14. The van der Waals surface area contributed by atoms with E-state index in [1.54, 1.807) is 19.2 Å². The summed E-state index contributed by atoms with van der Waals surface area (Å²) in [6, 6.07) is 5.52. The minimum atomic E-state index is -4.53. The zero-order valence-electron chi connectivity index (χ0n) is 18.1. The molecule has 0 saturated heterocycles. The highest BCUT2D eigenvalue weighted by Crippen LogP contribution is 2.37. The summed E-state index contributed by atoms with van der Waals surface area (Å²) in [7, 11) is -2.15. The van der Waals surface area contributed by atoms with Crippen LogP contribution in [0.15, 0.2) is 52.0 Å². The van der Waals surface area contributed by atoms with Crippen molar-refractivity contribution in [3.05, 3.63) is 63.8 Å². The fourth-order valence-electron chi connectivity index (χ4n) is 3.75. The normalized spacial score (nSPS) is 18.5. The van der Waals surface area contributed by atoms with Gasteiger partial charge >= 0.3 is 6.18 Å². The van der Waals surface area contributed by atoms with Crippen molar-refractivity contribution < 1.29 is 21.6 Å². The van der Waals surface area contributed by atoms with E-state index in [9.17, 15) is 21.6 Å². The van der Waals surface area contributed by atoms with Crippen molar-refractivity contribution >= 4 is 44.2 Å². The second kappa shape index (κ2) is 9.43. The van der Waals surface area contributed by atoms with Crippen LogP contribution in [0.4, 0.5) is 19.0 Å². The Morgan fingerprint density at radius 3 is 2.56 bits per heavy atom. The molecule has 0 amide bonds. The third kappa shape index (κ3) is 5.69. The van der Waals surface area contributed by atoms with Crippen molar-refractivity contribution in [3.8, 4) is 0 Å². The van der Waals surface area contributed by atoms with Crippen LogP contribution in [0.2, 0.25) is 5.02 Å². The van der Waals surface area contributed by atoms with Crippen molar-refractivity contribution in [1.82, 2.24) is 9.71 Å². The summed E-state index contributed by atoms with van der Waals surface area (Å²) >= 11 is 7.23. The molecule has 4 rings (SSSR count). The van der Waals surface area contributed by atoms with Gasteiger partial charge in [-0.3, -0.25) is 9.71 Å². The number of pyridine rings is 1. The summed E-state index contributed by atoms with van der Waals surface area (Å²) in [5, 5.41) is 4.09. The van der Waals surface area contributed by atoms with E-state index >= 15 is 0 Å². The molecule has 1 aromatic heterocycles. The molecule has 2 aliphatic carbocycles. The number of fused-ring (bicyclic) bond motifs is 1. The van der Waals surface area contributed by atoms with Gasteiger partial charge in [0, 0.05) is 25.2 Å². The van der Waals surface area contributed by atoms with Crippen molar-refractivity contribution in [2.24, 2.45) is 10.9 Å². The van der Waals surface area contributed by atoms with Gasteiger partial charge in [0.25, 0.3) is 10.0 Å². The number of anilines is 1. The molecule has 1 atom stereocenters. The summed E-state index contributed by atoms with van der Waals surface area (Å²) in [6.45, 7) is 3.82. The van der Waals surface area contributed by atoms with Gasteiger partial charge in [0.1, 0.15) is 5.82 Å². The predicted octanol–water partition coefficient (Wildman–Crippen LogP) is 5.25. The third-order valence-electron chi connectivity index (χ3n) is 5.55. The first-order chi connectivity index (χ1) is 16.0. The molecule has 1 heterocycles. The Balaban J connectivity index is 1.42. The Labute approximate surface area is 205 Å². The highest BCUT2D eigenvalue weighted by Gasteiger charge is 2.32. The van der Waals surface area contributed by atoms with Crippen LogP contribution in [-0.4, -0.2) is 31.5 Å². The standard InChI is InChI=1S/C22H22ClF3N4O2S2/c1-12(33-21(27-2)13-3-4-13)30-34(31,32)18-6-5-14-7-17(8-15(14)9-18)29-20-19(23)10-16(11-28-20)22(24,25)26/h5-6,9-11,13,17,30H,1,3-4,7-8H2,2H3,(H,28,29). The van der Waals surface area contributed by atoms with Crippen molar-refractivity contribution in [2.75, 3.05) is 12.4 Å². The molecular weight excluding hydrogens is 509 g/mol. The maximum atomic E-state index is 12.9. The average Bonchev–Trinajstić information content (AvgIpc) is 3.51. The second-order valence-electron chi connectivity index (χ2n) is 8.20. The molecule has 0 spiro atoms. The van der Waals surface area contributed by atoms with Gasteiger partial charge in [-0.05, 0) is 55.0 Å². The van der Waals surface area contributed by atoms with Crippen molar-refractivity contribution in [3.63, 3.8) is 0 Å². The number of hydrogen-bond donors (Lipinski definition) is 2. The number of aromatic nitrogens is 1. The number of benzene rings is 1. The van der Waals surface area contributed by atoms with Crippen LogP contribution in [0.25, 0.3) is 0 Å². The van der Waals surface area contributed by atoms with Crippen LogP contribution in [0.1, 0.15) is 29.5 Å². The van der Waals surface area contributed by atoms with E-state index in [-0.39, 0.29) is 26.8 Å². The van der Waals surface area contributed by atoms with Gasteiger partial charge in [-0.15, -0.1) is 0 Å². The monoisotopic (exact) mass is 530 g/mol. The molecule has 2 aromatic rings. The van der Waals surface area contributed by atoms with E-state index in [0.29, 0.717) is 18.8 Å². The predicted molar refractivity (Wildman–Crippen MR) is 129 cm³/mol. The summed E-state index contributed by atoms with van der Waals surface area (Å²) in [6.07, 6.45) is -0.666. The molecule has 1 unspecified atom stereocenters. The van der Waals surface area contributed by atoms with E-state index < -0.39 is 21.8 Å². The highest BCUT2D eigenvalue weighted by molar-refractivity contribution is 8.17. The largest absolute Gasteiger partial charge is 0.417 e. The van der Waals surface area contributed by atoms with Gasteiger partial charge in [0.05, 0.1) is 25.6 Å². The lowest BCUT2D eigenvalue weighted by molar-refractivity contribution is -0.137. The van der Waals surface area contributed by atoms with Gasteiger partial charge in [-0.25, -0.2) is 13.4 Å². The number of nitrogens with zero attached hydrogens (tertiary/aromatic N) is 2. The van der Waals surface area contributed by atoms with Crippen LogP contribution >= 0.6 is 23.4 Å². The van der Waals surface area contributed by atoms with E-state index in [2.05, 4.69) is 26.6 Å². The first-order valence-corrected chi connectivity index (χ1v) is 13.1. The fraction of sp³-hybridized carbons (Fsp3) is 0.364. The molecule has 34 heavy (non-hydrogen) atoms. The third-order valence-corrected chi connectivity index (χ3v) is 8.43. The Morgan fingerprint density at radius 2 is 1.94 bits per heavy atom. The molecule has 0 bridgehead atoms. The number of aliphatic imine (C=N–C) groups is 1. The molecule has 1 saturated carbocycles. The molecule has 182 valence electrons. The van der Waals surface area contributed by atoms with E-state index in [1.165, 1.54) is 17.8 Å². The molecular formula is C22H22ClF3N4O2S2. The number of rotatable bonds is 7. The van der Waals surface area contributed by atoms with Crippen molar-refractivity contribution in [2.45, 2.75) is 42.8 Å². The molecule has 2 aliphatic rings. The zero-order valence-corrected chi connectivity index (χ0v) is 20.5. The van der Waals surface area contributed by atoms with Crippen LogP contribution < -0.4 is 10.0 Å². The lowest BCUT2D eigenvalue weighted by Gasteiger charge is -2.15. The highest BCUT2D eigenvalue weighted by atomic mass is 35.5. The van der Waals surface area contributed by atoms with E-state index in [4.69, 9.17) is 11.6 Å². The van der Waals surface area contributed by atoms with Gasteiger partial charge in [-0.2, -0.15) is 13.2 Å². The number of sulfonamides is 1. The number of thioether (sulfide) groups is 1. The SMILES string of the molecule is C=C(NS(=O)(=O)c1ccc2c(c1)CC(Nc1ncc(C(F)(F)F)cc1Cl)C2)SC(=NC)C1CC1. The second-order valence-corrected chi connectivity index (χ2v) is 11.4. The maximum absolute atomic E-state index is 12.9. The lowest BCUT2D eigenvalue weighted by atomic mass is 10.1. The smallest absolute Gasteiger partial charge is 0.365 e. The fourth-order valence-corrected chi connectivity index (χ4v) is 6.18. The minimum Gasteiger partial charge on any atom is -0.365 e. The first kappa shape index (κ1) is 24.9. The van der Waals surface area contributed by atoms with Gasteiger partial charge in [-0.1, -0.05) is 36.0 Å². The average molecular weight is 531 g/mol. The quantitative estimate of drug-likeness (QED) is 0.377. The van der Waals surface area contributed by atoms with Crippen LogP contribution in [0.5, 0.6) is 0 Å². The summed E-state index contributed by atoms with van der Waals surface area (Å²) in [5.74, 6) is 0.535. The topological polar surface area (TPSA) is 83.5 Å².